The summed E-state index contributed by atoms with van der Waals surface area (Å²) < 4.78 is 25.3. The van der Waals surface area contributed by atoms with E-state index in [4.69, 9.17) is 0 Å². The van der Waals surface area contributed by atoms with Crippen LogP contribution >= 0.6 is 11.3 Å². The predicted molar refractivity (Wildman–Crippen MR) is 100 cm³/mol. The van der Waals surface area contributed by atoms with Crippen LogP contribution in [-0.2, 0) is 9.84 Å². The maximum atomic E-state index is 12.6. The van der Waals surface area contributed by atoms with Crippen molar-refractivity contribution in [3.63, 3.8) is 0 Å². The lowest BCUT2D eigenvalue weighted by Crippen LogP contribution is -2.10. The molecule has 1 heterocycles. The summed E-state index contributed by atoms with van der Waals surface area (Å²) in [5, 5.41) is 2.82. The molecule has 0 saturated carbocycles. The molecule has 2 aromatic carbocycles. The van der Waals surface area contributed by atoms with E-state index in [-0.39, 0.29) is 15.0 Å². The van der Waals surface area contributed by atoms with Crippen molar-refractivity contribution >= 4 is 32.8 Å². The number of anilines is 1. The molecule has 3 rings (SSSR count). The van der Waals surface area contributed by atoms with Gasteiger partial charge >= 0.3 is 0 Å². The summed E-state index contributed by atoms with van der Waals surface area (Å²) in [5.41, 5.74) is 2.80. The monoisotopic (exact) mass is 371 g/mol. The third kappa shape index (κ3) is 3.81. The number of rotatable bonds is 4. The van der Waals surface area contributed by atoms with Crippen molar-refractivity contribution in [2.75, 3.05) is 5.32 Å². The van der Waals surface area contributed by atoms with Gasteiger partial charge in [-0.2, -0.15) is 0 Å². The number of carbonyl (C=O) groups excluding carboxylic acids is 1. The van der Waals surface area contributed by atoms with Gasteiger partial charge in [-0.1, -0.05) is 24.3 Å². The van der Waals surface area contributed by atoms with Crippen molar-refractivity contribution in [3.8, 4) is 0 Å². The summed E-state index contributed by atoms with van der Waals surface area (Å²) in [4.78, 5) is 13.0. The molecule has 0 saturated heterocycles. The molecule has 6 heteroatoms. The summed E-state index contributed by atoms with van der Waals surface area (Å²) in [6, 6.07) is 17.0. The van der Waals surface area contributed by atoms with E-state index in [1.54, 1.807) is 36.4 Å². The highest BCUT2D eigenvalue weighted by atomic mass is 32.2. The minimum atomic E-state index is -3.60. The zero-order valence-corrected chi connectivity index (χ0v) is 15.4. The fourth-order valence-electron chi connectivity index (χ4n) is 2.54. The van der Waals surface area contributed by atoms with E-state index >= 15 is 0 Å². The van der Waals surface area contributed by atoms with Crippen LogP contribution in [0.2, 0.25) is 0 Å². The second kappa shape index (κ2) is 6.82. The molecule has 4 nitrogen and oxygen atoms in total. The fourth-order valence-corrected chi connectivity index (χ4v) is 5.17. The SMILES string of the molecule is Cc1cc(C)cc(NC(=O)c2ccc(S(=O)(=O)c3ccccc3)s2)c1. The molecule has 128 valence electrons. The molecule has 0 spiro atoms. The Morgan fingerprint density at radius 2 is 1.56 bits per heavy atom. The van der Waals surface area contributed by atoms with Crippen LogP contribution in [0.1, 0.15) is 20.8 Å². The number of aryl methyl sites for hydroxylation is 2. The molecule has 0 atom stereocenters. The van der Waals surface area contributed by atoms with E-state index in [2.05, 4.69) is 5.32 Å². The Morgan fingerprint density at radius 1 is 0.920 bits per heavy atom. The number of hydrogen-bond donors (Lipinski definition) is 1. The Morgan fingerprint density at radius 3 is 2.20 bits per heavy atom. The average Bonchev–Trinajstić information content (AvgIpc) is 3.05. The minimum Gasteiger partial charge on any atom is -0.321 e. The predicted octanol–water partition coefficient (Wildman–Crippen LogP) is 4.45. The van der Waals surface area contributed by atoms with Gasteiger partial charge in [-0.05, 0) is 61.4 Å². The van der Waals surface area contributed by atoms with Crippen LogP contribution in [-0.4, -0.2) is 14.3 Å². The first-order valence-corrected chi connectivity index (χ1v) is 9.96. The molecule has 0 unspecified atom stereocenters. The molecular formula is C19H17NO3S2. The van der Waals surface area contributed by atoms with Gasteiger partial charge in [0.15, 0.2) is 0 Å². The molecule has 0 aliphatic rings. The molecule has 1 aromatic heterocycles. The molecule has 25 heavy (non-hydrogen) atoms. The summed E-state index contributed by atoms with van der Waals surface area (Å²) in [5.74, 6) is -0.315. The van der Waals surface area contributed by atoms with Gasteiger partial charge in [0, 0.05) is 5.69 Å². The summed E-state index contributed by atoms with van der Waals surface area (Å²) in [6.07, 6.45) is 0. The van der Waals surface area contributed by atoms with Crippen molar-refractivity contribution in [2.24, 2.45) is 0 Å². The summed E-state index contributed by atoms with van der Waals surface area (Å²) >= 11 is 0.970. The maximum absolute atomic E-state index is 12.6. The number of thiophene rings is 1. The summed E-state index contributed by atoms with van der Waals surface area (Å²) in [7, 11) is -3.60. The molecule has 1 amide bonds. The third-order valence-electron chi connectivity index (χ3n) is 3.60. The highest BCUT2D eigenvalue weighted by Crippen LogP contribution is 2.28. The van der Waals surface area contributed by atoms with Crippen molar-refractivity contribution in [1.29, 1.82) is 0 Å². The quantitative estimate of drug-likeness (QED) is 0.737. The van der Waals surface area contributed by atoms with Gasteiger partial charge in [0.2, 0.25) is 9.84 Å². The molecular weight excluding hydrogens is 354 g/mol. The topological polar surface area (TPSA) is 63.2 Å². The normalized spacial score (nSPS) is 11.3. The molecule has 0 aliphatic heterocycles. The smallest absolute Gasteiger partial charge is 0.265 e. The molecule has 3 aromatic rings. The Kier molecular flexibility index (Phi) is 4.74. The van der Waals surface area contributed by atoms with Crippen LogP contribution in [0.5, 0.6) is 0 Å². The number of amides is 1. The van der Waals surface area contributed by atoms with E-state index in [1.165, 1.54) is 6.07 Å². The zero-order valence-electron chi connectivity index (χ0n) is 13.8. The van der Waals surface area contributed by atoms with Gasteiger partial charge in [0.05, 0.1) is 9.77 Å². The van der Waals surface area contributed by atoms with Crippen LogP contribution in [0.25, 0.3) is 0 Å². The van der Waals surface area contributed by atoms with Gasteiger partial charge in [0.1, 0.15) is 4.21 Å². The third-order valence-corrected chi connectivity index (χ3v) is 6.95. The molecule has 0 radical (unpaired) electrons. The van der Waals surface area contributed by atoms with Crippen molar-refractivity contribution < 1.29 is 13.2 Å². The van der Waals surface area contributed by atoms with Crippen molar-refractivity contribution in [3.05, 3.63) is 76.7 Å². The van der Waals surface area contributed by atoms with E-state index in [9.17, 15) is 13.2 Å². The number of benzene rings is 2. The van der Waals surface area contributed by atoms with Gasteiger partial charge in [-0.3, -0.25) is 4.79 Å². The number of carbonyl (C=O) groups is 1. The van der Waals surface area contributed by atoms with Gasteiger partial charge in [0.25, 0.3) is 5.91 Å². The summed E-state index contributed by atoms with van der Waals surface area (Å²) in [6.45, 7) is 3.91. The number of nitrogens with one attached hydrogen (secondary N) is 1. The Hall–Kier alpha value is -2.44. The highest BCUT2D eigenvalue weighted by molar-refractivity contribution is 7.93. The van der Waals surface area contributed by atoms with Crippen LogP contribution in [0.3, 0.4) is 0 Å². The molecule has 0 fully saturated rings. The maximum Gasteiger partial charge on any atom is 0.265 e. The largest absolute Gasteiger partial charge is 0.321 e. The van der Waals surface area contributed by atoms with E-state index in [0.717, 1.165) is 22.5 Å². The van der Waals surface area contributed by atoms with Crippen molar-refractivity contribution in [1.82, 2.24) is 0 Å². The van der Waals surface area contributed by atoms with Crippen molar-refractivity contribution in [2.45, 2.75) is 23.0 Å². The lowest BCUT2D eigenvalue weighted by molar-refractivity contribution is 0.103. The second-order valence-electron chi connectivity index (χ2n) is 5.77. The molecule has 1 N–H and O–H groups in total. The van der Waals surface area contributed by atoms with Crippen LogP contribution in [0.15, 0.2) is 69.8 Å². The average molecular weight is 371 g/mol. The fraction of sp³-hybridized carbons (Fsp3) is 0.105. The lowest BCUT2D eigenvalue weighted by Gasteiger charge is -2.06. The Labute approximate surface area is 151 Å². The van der Waals surface area contributed by atoms with Gasteiger partial charge in [-0.15, -0.1) is 11.3 Å². The Balaban J connectivity index is 1.85. The van der Waals surface area contributed by atoms with E-state index in [0.29, 0.717) is 10.6 Å². The second-order valence-corrected chi connectivity index (χ2v) is 9.03. The van der Waals surface area contributed by atoms with E-state index < -0.39 is 9.84 Å². The van der Waals surface area contributed by atoms with Crippen LogP contribution in [0.4, 0.5) is 5.69 Å². The van der Waals surface area contributed by atoms with Gasteiger partial charge in [-0.25, -0.2) is 8.42 Å². The Bertz CT molecular complexity index is 1000. The van der Waals surface area contributed by atoms with Gasteiger partial charge < -0.3 is 5.32 Å². The lowest BCUT2D eigenvalue weighted by atomic mass is 10.1. The number of sulfone groups is 1. The molecule has 0 bridgehead atoms. The number of hydrogen-bond acceptors (Lipinski definition) is 4. The van der Waals surface area contributed by atoms with Crippen LogP contribution in [0, 0.1) is 13.8 Å². The zero-order chi connectivity index (χ0) is 18.0. The standard InChI is InChI=1S/C19H17NO3S2/c1-13-10-14(2)12-15(11-13)20-19(21)17-8-9-18(24-17)25(22,23)16-6-4-3-5-7-16/h3-12H,1-2H3,(H,20,21). The first-order chi connectivity index (χ1) is 11.9. The minimum absolute atomic E-state index is 0.157. The van der Waals surface area contributed by atoms with E-state index in [1.807, 2.05) is 32.0 Å². The van der Waals surface area contributed by atoms with Crippen LogP contribution < -0.4 is 5.32 Å². The highest BCUT2D eigenvalue weighted by Gasteiger charge is 2.21. The first-order valence-electron chi connectivity index (χ1n) is 7.66. The first kappa shape index (κ1) is 17.4. The molecule has 0 aliphatic carbocycles.